The fraction of sp³-hybridized carbons (Fsp3) is 0.100. The first-order valence-corrected chi connectivity index (χ1v) is 4.82. The van der Waals surface area contributed by atoms with Gasteiger partial charge in [0.25, 0.3) is 0 Å². The Morgan fingerprint density at radius 2 is 2.23 bits per heavy atom. The third kappa shape index (κ3) is 1.25. The van der Waals surface area contributed by atoms with Gasteiger partial charge in [0.1, 0.15) is 0 Å². The van der Waals surface area contributed by atoms with Crippen LogP contribution in [-0.4, -0.2) is 0 Å². The molecule has 2 aromatic rings. The molecular formula is C10H8N2S. The molecule has 64 valence electrons. The summed E-state index contributed by atoms with van der Waals surface area (Å²) in [4.78, 5) is 0. The SMILES string of the molecule is N#CCc1c(N)ccc2sccc12. The highest BCUT2D eigenvalue weighted by Crippen LogP contribution is 2.28. The molecule has 0 saturated carbocycles. The number of benzene rings is 1. The second-order valence-electron chi connectivity index (χ2n) is 2.80. The average molecular weight is 188 g/mol. The van der Waals surface area contributed by atoms with Gasteiger partial charge < -0.3 is 5.73 Å². The van der Waals surface area contributed by atoms with E-state index in [0.29, 0.717) is 12.1 Å². The zero-order valence-corrected chi connectivity index (χ0v) is 7.77. The minimum absolute atomic E-state index is 0.389. The Morgan fingerprint density at radius 1 is 1.38 bits per heavy atom. The molecule has 1 aromatic carbocycles. The van der Waals surface area contributed by atoms with Crippen molar-refractivity contribution < 1.29 is 0 Å². The Balaban J connectivity index is 2.74. The number of nitrogens with zero attached hydrogens (tertiary/aromatic N) is 1. The first kappa shape index (κ1) is 8.09. The Bertz CT molecular complexity index is 479. The highest BCUT2D eigenvalue weighted by atomic mass is 32.1. The number of anilines is 1. The van der Waals surface area contributed by atoms with Gasteiger partial charge in [0.05, 0.1) is 12.5 Å². The van der Waals surface area contributed by atoms with Gasteiger partial charge in [-0.05, 0) is 34.5 Å². The lowest BCUT2D eigenvalue weighted by atomic mass is 10.1. The number of nitrogen functional groups attached to an aromatic ring is 1. The van der Waals surface area contributed by atoms with Gasteiger partial charge >= 0.3 is 0 Å². The maximum absolute atomic E-state index is 8.64. The third-order valence-electron chi connectivity index (χ3n) is 2.04. The van der Waals surface area contributed by atoms with Gasteiger partial charge in [-0.2, -0.15) is 5.26 Å². The Kier molecular flexibility index (Phi) is 1.91. The van der Waals surface area contributed by atoms with Crippen molar-refractivity contribution in [2.75, 3.05) is 5.73 Å². The molecule has 0 aliphatic heterocycles. The van der Waals surface area contributed by atoms with E-state index in [4.69, 9.17) is 11.0 Å². The van der Waals surface area contributed by atoms with Crippen LogP contribution in [0.15, 0.2) is 23.6 Å². The summed E-state index contributed by atoms with van der Waals surface area (Å²) in [5.74, 6) is 0. The average Bonchev–Trinajstić information content (AvgIpc) is 2.58. The van der Waals surface area contributed by atoms with Gasteiger partial charge in [0.15, 0.2) is 0 Å². The predicted octanol–water partition coefficient (Wildman–Crippen LogP) is 2.55. The molecule has 1 heterocycles. The van der Waals surface area contributed by atoms with Crippen LogP contribution in [0.25, 0.3) is 10.1 Å². The molecule has 0 aliphatic carbocycles. The zero-order valence-electron chi connectivity index (χ0n) is 6.95. The van der Waals surface area contributed by atoms with Gasteiger partial charge in [0, 0.05) is 10.4 Å². The molecule has 2 rings (SSSR count). The summed E-state index contributed by atoms with van der Waals surface area (Å²) in [5, 5.41) is 11.8. The molecule has 2 nitrogen and oxygen atoms in total. The van der Waals surface area contributed by atoms with Crippen LogP contribution in [0.3, 0.4) is 0 Å². The van der Waals surface area contributed by atoms with E-state index in [-0.39, 0.29) is 0 Å². The molecule has 13 heavy (non-hydrogen) atoms. The Labute approximate surface area is 80.2 Å². The molecule has 2 N–H and O–H groups in total. The highest BCUT2D eigenvalue weighted by molar-refractivity contribution is 7.17. The van der Waals surface area contributed by atoms with E-state index in [0.717, 1.165) is 10.9 Å². The quantitative estimate of drug-likeness (QED) is 0.699. The van der Waals surface area contributed by atoms with E-state index >= 15 is 0 Å². The summed E-state index contributed by atoms with van der Waals surface area (Å²) < 4.78 is 1.19. The van der Waals surface area contributed by atoms with E-state index in [2.05, 4.69) is 6.07 Å². The predicted molar refractivity (Wildman–Crippen MR) is 55.6 cm³/mol. The second-order valence-corrected chi connectivity index (χ2v) is 3.75. The van der Waals surface area contributed by atoms with E-state index in [9.17, 15) is 0 Å². The van der Waals surface area contributed by atoms with Crippen LogP contribution in [0, 0.1) is 11.3 Å². The number of thiophene rings is 1. The maximum atomic E-state index is 8.64. The maximum Gasteiger partial charge on any atom is 0.0670 e. The monoisotopic (exact) mass is 188 g/mol. The molecule has 1 aromatic heterocycles. The molecule has 0 aliphatic rings. The van der Waals surface area contributed by atoms with Gasteiger partial charge in [-0.1, -0.05) is 0 Å². The molecular weight excluding hydrogens is 180 g/mol. The number of nitriles is 1. The summed E-state index contributed by atoms with van der Waals surface area (Å²) in [5.41, 5.74) is 7.46. The first-order valence-electron chi connectivity index (χ1n) is 3.94. The summed E-state index contributed by atoms with van der Waals surface area (Å²) >= 11 is 1.67. The van der Waals surface area contributed by atoms with Crippen molar-refractivity contribution in [1.82, 2.24) is 0 Å². The molecule has 0 fully saturated rings. The van der Waals surface area contributed by atoms with Gasteiger partial charge in [-0.15, -0.1) is 11.3 Å². The minimum Gasteiger partial charge on any atom is -0.398 e. The fourth-order valence-electron chi connectivity index (χ4n) is 1.40. The minimum atomic E-state index is 0.389. The third-order valence-corrected chi connectivity index (χ3v) is 2.92. The summed E-state index contributed by atoms with van der Waals surface area (Å²) in [6.45, 7) is 0. The largest absolute Gasteiger partial charge is 0.398 e. The van der Waals surface area contributed by atoms with Crippen LogP contribution in [0.2, 0.25) is 0 Å². The second kappa shape index (κ2) is 3.08. The molecule has 3 heteroatoms. The fourth-order valence-corrected chi connectivity index (χ4v) is 2.21. The molecule has 0 radical (unpaired) electrons. The molecule has 0 amide bonds. The molecule has 0 bridgehead atoms. The number of hydrogen-bond donors (Lipinski definition) is 1. The van der Waals surface area contributed by atoms with E-state index in [1.54, 1.807) is 11.3 Å². The standard InChI is InChI=1S/C10H8N2S/c11-5-3-7-8-4-6-13-10(8)2-1-9(7)12/h1-2,4,6H,3,12H2. The first-order chi connectivity index (χ1) is 6.33. The van der Waals surface area contributed by atoms with E-state index < -0.39 is 0 Å². The topological polar surface area (TPSA) is 49.8 Å². The van der Waals surface area contributed by atoms with Crippen LogP contribution < -0.4 is 5.73 Å². The van der Waals surface area contributed by atoms with Gasteiger partial charge in [-0.3, -0.25) is 0 Å². The van der Waals surface area contributed by atoms with Crippen molar-refractivity contribution >= 4 is 27.1 Å². The number of fused-ring (bicyclic) bond motifs is 1. The number of nitrogens with two attached hydrogens (primary N) is 1. The summed E-state index contributed by atoms with van der Waals surface area (Å²) in [6, 6.07) is 8.01. The number of hydrogen-bond acceptors (Lipinski definition) is 3. The summed E-state index contributed by atoms with van der Waals surface area (Å²) in [7, 11) is 0. The van der Waals surface area contributed by atoms with Crippen molar-refractivity contribution in [3.8, 4) is 6.07 Å². The number of rotatable bonds is 1. The zero-order chi connectivity index (χ0) is 9.26. The van der Waals surface area contributed by atoms with Crippen molar-refractivity contribution in [2.45, 2.75) is 6.42 Å². The van der Waals surface area contributed by atoms with Crippen molar-refractivity contribution in [3.05, 3.63) is 29.1 Å². The lowest BCUT2D eigenvalue weighted by Gasteiger charge is -2.02. The lowest BCUT2D eigenvalue weighted by Crippen LogP contribution is -1.92. The molecule has 0 atom stereocenters. The Morgan fingerprint density at radius 3 is 3.00 bits per heavy atom. The highest BCUT2D eigenvalue weighted by Gasteiger charge is 2.05. The summed E-state index contributed by atoms with van der Waals surface area (Å²) in [6.07, 6.45) is 0.389. The van der Waals surface area contributed by atoms with Gasteiger partial charge in [-0.25, -0.2) is 0 Å². The van der Waals surface area contributed by atoms with Crippen LogP contribution in [-0.2, 0) is 6.42 Å². The van der Waals surface area contributed by atoms with E-state index in [1.807, 2.05) is 23.6 Å². The van der Waals surface area contributed by atoms with Gasteiger partial charge in [0.2, 0.25) is 0 Å². The van der Waals surface area contributed by atoms with Crippen LogP contribution in [0.1, 0.15) is 5.56 Å². The van der Waals surface area contributed by atoms with Crippen molar-refractivity contribution in [3.63, 3.8) is 0 Å². The van der Waals surface area contributed by atoms with E-state index in [1.165, 1.54) is 4.70 Å². The molecule has 0 unspecified atom stereocenters. The lowest BCUT2D eigenvalue weighted by molar-refractivity contribution is 1.29. The van der Waals surface area contributed by atoms with Crippen LogP contribution >= 0.6 is 11.3 Å². The van der Waals surface area contributed by atoms with Crippen LogP contribution in [0.4, 0.5) is 5.69 Å². The van der Waals surface area contributed by atoms with Crippen LogP contribution in [0.5, 0.6) is 0 Å². The molecule has 0 saturated heterocycles. The smallest absolute Gasteiger partial charge is 0.0670 e. The van der Waals surface area contributed by atoms with Crippen molar-refractivity contribution in [1.29, 1.82) is 5.26 Å². The molecule has 0 spiro atoms. The Hall–Kier alpha value is -1.53. The normalized spacial score (nSPS) is 10.1. The van der Waals surface area contributed by atoms with Crippen molar-refractivity contribution in [2.24, 2.45) is 0 Å².